The zero-order valence-electron chi connectivity index (χ0n) is 14.4. The minimum atomic E-state index is -2.98. The van der Waals surface area contributed by atoms with E-state index in [0.717, 1.165) is 0 Å². The van der Waals surface area contributed by atoms with Gasteiger partial charge in [0, 0.05) is 5.56 Å². The van der Waals surface area contributed by atoms with Gasteiger partial charge in [0.15, 0.2) is 17.2 Å². The number of cyclic esters (lactones) is 1. The number of hydrogen-bond donors (Lipinski definition) is 0. The van der Waals surface area contributed by atoms with Crippen molar-refractivity contribution in [2.24, 2.45) is 4.99 Å². The highest BCUT2D eigenvalue weighted by molar-refractivity contribution is 6.13. The first kappa shape index (κ1) is 18.4. The smallest absolute Gasteiger partial charge is 0.387 e. The molecule has 2 aromatic carbocycles. The molecule has 3 rings (SSSR count). The number of esters is 1. The third-order valence-electron chi connectivity index (χ3n) is 3.64. The lowest BCUT2D eigenvalue weighted by Gasteiger charge is -2.10. The molecule has 0 fully saturated rings. The van der Waals surface area contributed by atoms with E-state index in [1.54, 1.807) is 37.5 Å². The molecule has 0 N–H and O–H groups in total. The lowest BCUT2D eigenvalue weighted by Crippen LogP contribution is -2.07. The Morgan fingerprint density at radius 1 is 1.07 bits per heavy atom. The number of benzene rings is 2. The molecule has 0 unspecified atom stereocenters. The number of hydrogen-bond acceptors (Lipinski definition) is 6. The molecule has 1 aliphatic rings. The van der Waals surface area contributed by atoms with Gasteiger partial charge in [0.05, 0.1) is 14.2 Å². The van der Waals surface area contributed by atoms with E-state index < -0.39 is 12.6 Å². The van der Waals surface area contributed by atoms with Gasteiger partial charge in [-0.25, -0.2) is 9.79 Å². The molecule has 1 heterocycles. The average Bonchev–Trinajstić information content (AvgIpc) is 3.02. The first-order valence-electron chi connectivity index (χ1n) is 7.80. The maximum absolute atomic E-state index is 12.4. The molecule has 1 aliphatic heterocycles. The number of ether oxygens (including phenoxy) is 4. The predicted octanol–water partition coefficient (Wildman–Crippen LogP) is 3.65. The summed E-state index contributed by atoms with van der Waals surface area (Å²) in [6, 6.07) is 11.2. The van der Waals surface area contributed by atoms with Gasteiger partial charge in [-0.15, -0.1) is 0 Å². The maximum atomic E-state index is 12.4. The van der Waals surface area contributed by atoms with Gasteiger partial charge in [-0.3, -0.25) is 0 Å². The van der Waals surface area contributed by atoms with Crippen LogP contribution in [-0.2, 0) is 9.53 Å². The summed E-state index contributed by atoms with van der Waals surface area (Å²) in [5.74, 6) is -0.0138. The topological polar surface area (TPSA) is 66.3 Å². The Bertz CT molecular complexity index is 924. The van der Waals surface area contributed by atoms with E-state index in [-0.39, 0.29) is 23.1 Å². The van der Waals surface area contributed by atoms with E-state index in [2.05, 4.69) is 9.73 Å². The van der Waals surface area contributed by atoms with Gasteiger partial charge in [0.25, 0.3) is 0 Å². The fraction of sp³-hybridized carbons (Fsp3) is 0.158. The molecule has 6 nitrogen and oxygen atoms in total. The zero-order chi connectivity index (χ0) is 19.4. The zero-order valence-corrected chi connectivity index (χ0v) is 14.4. The van der Waals surface area contributed by atoms with Gasteiger partial charge in [-0.1, -0.05) is 12.1 Å². The van der Waals surface area contributed by atoms with Gasteiger partial charge in [-0.2, -0.15) is 8.78 Å². The van der Waals surface area contributed by atoms with Gasteiger partial charge < -0.3 is 18.9 Å². The first-order valence-corrected chi connectivity index (χ1v) is 7.80. The molecule has 27 heavy (non-hydrogen) atoms. The summed E-state index contributed by atoms with van der Waals surface area (Å²) in [5.41, 5.74) is 1.20. The number of nitrogens with zero attached hydrogens (tertiary/aromatic N) is 1. The molecule has 0 bridgehead atoms. The second-order valence-electron chi connectivity index (χ2n) is 5.36. The number of carbonyl (C=O) groups excluding carboxylic acids is 1. The third-order valence-corrected chi connectivity index (χ3v) is 3.64. The van der Waals surface area contributed by atoms with E-state index in [9.17, 15) is 13.6 Å². The quantitative estimate of drug-likeness (QED) is 0.570. The minimum Gasteiger partial charge on any atom is -0.497 e. The number of rotatable bonds is 6. The molecular weight excluding hydrogens is 360 g/mol. The fourth-order valence-electron chi connectivity index (χ4n) is 2.42. The molecule has 8 heteroatoms. The molecule has 140 valence electrons. The summed E-state index contributed by atoms with van der Waals surface area (Å²) < 4.78 is 44.6. The molecule has 0 radical (unpaired) electrons. The largest absolute Gasteiger partial charge is 0.497 e. The fourth-order valence-corrected chi connectivity index (χ4v) is 2.42. The van der Waals surface area contributed by atoms with Gasteiger partial charge in [-0.05, 0) is 42.0 Å². The van der Waals surface area contributed by atoms with E-state index in [1.165, 1.54) is 25.3 Å². The number of carbonyl (C=O) groups is 1. The molecule has 0 aliphatic carbocycles. The van der Waals surface area contributed by atoms with Crippen molar-refractivity contribution in [1.82, 2.24) is 0 Å². The second kappa shape index (κ2) is 7.86. The summed E-state index contributed by atoms with van der Waals surface area (Å²) in [4.78, 5) is 16.3. The lowest BCUT2D eigenvalue weighted by atomic mass is 10.2. The molecule has 0 spiro atoms. The number of halogens is 2. The Balaban J connectivity index is 1.90. The van der Waals surface area contributed by atoms with E-state index >= 15 is 0 Å². The molecule has 0 aromatic heterocycles. The molecule has 2 aromatic rings. The first-order chi connectivity index (χ1) is 13.0. The van der Waals surface area contributed by atoms with Crippen molar-refractivity contribution < 1.29 is 32.5 Å². The third kappa shape index (κ3) is 4.22. The van der Waals surface area contributed by atoms with Crippen LogP contribution < -0.4 is 14.2 Å². The SMILES string of the molecule is COc1cccc(/C=C2\N=C(c3ccc(OC(F)F)c(OC)c3)OC2=O)c1. The van der Waals surface area contributed by atoms with Crippen LogP contribution in [0.5, 0.6) is 17.2 Å². The van der Waals surface area contributed by atoms with Crippen molar-refractivity contribution in [2.45, 2.75) is 6.61 Å². The van der Waals surface area contributed by atoms with Crippen molar-refractivity contribution in [3.8, 4) is 17.2 Å². The predicted molar refractivity (Wildman–Crippen MR) is 93.2 cm³/mol. The lowest BCUT2D eigenvalue weighted by molar-refractivity contribution is -0.129. The van der Waals surface area contributed by atoms with Crippen LogP contribution in [0, 0.1) is 0 Å². The van der Waals surface area contributed by atoms with Crippen LogP contribution in [0.15, 0.2) is 53.2 Å². The molecule has 0 amide bonds. The average molecular weight is 375 g/mol. The molecule has 0 saturated carbocycles. The normalized spacial score (nSPS) is 14.9. The van der Waals surface area contributed by atoms with Gasteiger partial charge >= 0.3 is 12.6 Å². The monoisotopic (exact) mass is 375 g/mol. The Hall–Kier alpha value is -3.42. The summed E-state index contributed by atoms with van der Waals surface area (Å²) >= 11 is 0. The van der Waals surface area contributed by atoms with E-state index in [1.807, 2.05) is 0 Å². The Morgan fingerprint density at radius 3 is 2.59 bits per heavy atom. The molecule has 0 atom stereocenters. The van der Waals surface area contributed by atoms with Crippen molar-refractivity contribution >= 4 is 17.9 Å². The van der Waals surface area contributed by atoms with Crippen molar-refractivity contribution in [3.05, 3.63) is 59.3 Å². The van der Waals surface area contributed by atoms with Gasteiger partial charge in [0.1, 0.15) is 5.75 Å². The van der Waals surface area contributed by atoms with Crippen LogP contribution >= 0.6 is 0 Å². The maximum Gasteiger partial charge on any atom is 0.387 e. The summed E-state index contributed by atoms with van der Waals surface area (Å²) in [6.45, 7) is -2.98. The van der Waals surface area contributed by atoms with E-state index in [0.29, 0.717) is 16.9 Å². The van der Waals surface area contributed by atoms with E-state index in [4.69, 9.17) is 14.2 Å². The molecule has 0 saturated heterocycles. The standard InChI is InChI=1S/C19H15F2NO5/c1-24-13-5-3-4-11(8-13)9-14-18(23)27-17(22-14)12-6-7-15(26-19(20)21)16(10-12)25-2/h3-10,19H,1-2H3/b14-9-. The highest BCUT2D eigenvalue weighted by Crippen LogP contribution is 2.31. The Morgan fingerprint density at radius 2 is 1.89 bits per heavy atom. The van der Waals surface area contributed by atoms with Crippen LogP contribution in [0.2, 0.25) is 0 Å². The van der Waals surface area contributed by atoms with Crippen molar-refractivity contribution in [1.29, 1.82) is 0 Å². The Kier molecular flexibility index (Phi) is 5.35. The van der Waals surface area contributed by atoms with Crippen LogP contribution in [0.1, 0.15) is 11.1 Å². The van der Waals surface area contributed by atoms with Crippen LogP contribution in [0.25, 0.3) is 6.08 Å². The minimum absolute atomic E-state index is 0.0380. The number of alkyl halides is 2. The second-order valence-corrected chi connectivity index (χ2v) is 5.36. The van der Waals surface area contributed by atoms with Crippen LogP contribution in [0.3, 0.4) is 0 Å². The Labute approximate surface area is 153 Å². The van der Waals surface area contributed by atoms with Crippen molar-refractivity contribution in [3.63, 3.8) is 0 Å². The van der Waals surface area contributed by atoms with Gasteiger partial charge in [0.2, 0.25) is 5.90 Å². The number of aliphatic imine (C=N–C) groups is 1. The van der Waals surface area contributed by atoms with Crippen LogP contribution in [0.4, 0.5) is 8.78 Å². The van der Waals surface area contributed by atoms with Crippen molar-refractivity contribution in [2.75, 3.05) is 14.2 Å². The van der Waals surface area contributed by atoms with Crippen LogP contribution in [-0.4, -0.2) is 32.7 Å². The summed E-state index contributed by atoms with van der Waals surface area (Å²) in [6.07, 6.45) is 1.56. The summed E-state index contributed by atoms with van der Waals surface area (Å²) in [7, 11) is 2.86. The highest BCUT2D eigenvalue weighted by atomic mass is 19.3. The molecular formula is C19H15F2NO5. The number of methoxy groups -OCH3 is 2. The summed E-state index contributed by atoms with van der Waals surface area (Å²) in [5, 5.41) is 0. The highest BCUT2D eigenvalue weighted by Gasteiger charge is 2.25.